The average molecular weight is 371 g/mol. The molecule has 0 saturated heterocycles. The number of hydrogen-bond acceptors (Lipinski definition) is 4. The number of halogens is 2. The number of nitrogens with one attached hydrogen (secondary N) is 1. The van der Waals surface area contributed by atoms with Gasteiger partial charge in [0.15, 0.2) is 0 Å². The van der Waals surface area contributed by atoms with Gasteiger partial charge < -0.3 is 5.32 Å². The van der Waals surface area contributed by atoms with Gasteiger partial charge in [-0.3, -0.25) is 19.6 Å². The summed E-state index contributed by atoms with van der Waals surface area (Å²) in [6, 6.07) is 3.86. The third-order valence-electron chi connectivity index (χ3n) is 3.02. The van der Waals surface area contributed by atoms with Crippen molar-refractivity contribution in [2.24, 2.45) is 0 Å². The van der Waals surface area contributed by atoms with Crippen LogP contribution in [-0.4, -0.2) is 20.6 Å². The first-order valence-corrected chi connectivity index (χ1v) is 7.02. The lowest BCUT2D eigenvalue weighted by Gasteiger charge is -2.08. The van der Waals surface area contributed by atoms with E-state index in [-0.39, 0.29) is 17.9 Å². The zero-order valence-electron chi connectivity index (χ0n) is 11.8. The topological polar surface area (TPSA) is 90.1 Å². The summed E-state index contributed by atoms with van der Waals surface area (Å²) in [6.07, 6.45) is 0. The molecule has 0 bridgehead atoms. The van der Waals surface area contributed by atoms with E-state index in [1.54, 1.807) is 0 Å². The summed E-state index contributed by atoms with van der Waals surface area (Å²) in [7, 11) is 0. The summed E-state index contributed by atoms with van der Waals surface area (Å²) < 4.78 is 14.7. The smallest absolute Gasteiger partial charge is 0.312 e. The maximum atomic E-state index is 13.0. The Bertz CT molecular complexity index is 760. The number of hydrogen-bond donors (Lipinski definition) is 1. The van der Waals surface area contributed by atoms with Crippen molar-refractivity contribution in [2.75, 3.05) is 5.32 Å². The number of carbonyl (C=O) groups excluding carboxylic acids is 1. The molecule has 22 heavy (non-hydrogen) atoms. The van der Waals surface area contributed by atoms with E-state index >= 15 is 0 Å². The van der Waals surface area contributed by atoms with E-state index in [1.807, 2.05) is 0 Å². The Morgan fingerprint density at radius 2 is 2.18 bits per heavy atom. The Labute approximate surface area is 133 Å². The number of nitro groups is 1. The molecule has 1 aromatic heterocycles. The molecule has 2 aromatic rings. The zero-order chi connectivity index (χ0) is 16.4. The predicted molar refractivity (Wildman–Crippen MR) is 81.1 cm³/mol. The fourth-order valence-corrected chi connectivity index (χ4v) is 2.47. The first kappa shape index (κ1) is 16.1. The summed E-state index contributed by atoms with van der Waals surface area (Å²) in [5, 5.41) is 17.5. The molecule has 0 saturated carbocycles. The van der Waals surface area contributed by atoms with Gasteiger partial charge in [-0.1, -0.05) is 0 Å². The van der Waals surface area contributed by atoms with Crippen molar-refractivity contribution in [2.45, 2.75) is 20.4 Å². The van der Waals surface area contributed by atoms with E-state index in [4.69, 9.17) is 0 Å². The van der Waals surface area contributed by atoms with E-state index in [1.165, 1.54) is 36.7 Å². The van der Waals surface area contributed by atoms with Crippen molar-refractivity contribution in [1.82, 2.24) is 9.78 Å². The van der Waals surface area contributed by atoms with E-state index < -0.39 is 16.6 Å². The molecule has 0 fully saturated rings. The monoisotopic (exact) mass is 370 g/mol. The van der Waals surface area contributed by atoms with Crippen molar-refractivity contribution < 1.29 is 14.1 Å². The van der Waals surface area contributed by atoms with Crippen LogP contribution in [0, 0.1) is 29.8 Å². The molecule has 1 N–H and O–H groups in total. The second-order valence-corrected chi connectivity index (χ2v) is 5.46. The minimum atomic E-state index is -0.525. The van der Waals surface area contributed by atoms with Crippen LogP contribution in [0.15, 0.2) is 22.7 Å². The van der Waals surface area contributed by atoms with Crippen LogP contribution in [0.25, 0.3) is 0 Å². The van der Waals surface area contributed by atoms with Crippen molar-refractivity contribution in [3.63, 3.8) is 0 Å². The highest BCUT2D eigenvalue weighted by Gasteiger charge is 2.22. The van der Waals surface area contributed by atoms with Crippen molar-refractivity contribution >= 4 is 33.2 Å². The lowest BCUT2D eigenvalue weighted by molar-refractivity contribution is -0.386. The highest BCUT2D eigenvalue weighted by Crippen LogP contribution is 2.24. The average Bonchev–Trinajstić information content (AvgIpc) is 2.67. The lowest BCUT2D eigenvalue weighted by Crippen LogP contribution is -2.20. The van der Waals surface area contributed by atoms with Gasteiger partial charge in [-0.2, -0.15) is 5.10 Å². The van der Waals surface area contributed by atoms with Gasteiger partial charge in [-0.15, -0.1) is 0 Å². The molecule has 0 aliphatic carbocycles. The number of aromatic nitrogens is 2. The number of benzene rings is 1. The van der Waals surface area contributed by atoms with E-state index in [0.717, 1.165) is 0 Å². The highest BCUT2D eigenvalue weighted by molar-refractivity contribution is 9.10. The van der Waals surface area contributed by atoms with Gasteiger partial charge >= 0.3 is 5.69 Å². The Kier molecular flexibility index (Phi) is 4.55. The maximum absolute atomic E-state index is 13.0. The van der Waals surface area contributed by atoms with Crippen molar-refractivity contribution in [3.05, 3.63) is 50.0 Å². The third-order valence-corrected chi connectivity index (χ3v) is 3.68. The number of amides is 1. The molecule has 0 unspecified atom stereocenters. The first-order valence-electron chi connectivity index (χ1n) is 6.23. The van der Waals surface area contributed by atoms with Gasteiger partial charge in [0.1, 0.15) is 23.7 Å². The standard InChI is InChI=1S/C13H12BrFN4O3/c1-7-13(19(21)22)8(2)18(17-7)6-12(20)16-11-4-3-9(15)5-10(11)14/h3-5H,6H2,1-2H3,(H,16,20). The summed E-state index contributed by atoms with van der Waals surface area (Å²) in [5.41, 5.74) is 0.854. The molecule has 7 nitrogen and oxygen atoms in total. The second kappa shape index (κ2) is 6.22. The Hall–Kier alpha value is -2.29. The van der Waals surface area contributed by atoms with Gasteiger partial charge in [-0.25, -0.2) is 4.39 Å². The van der Waals surface area contributed by atoms with E-state index in [9.17, 15) is 19.3 Å². The fraction of sp³-hybridized carbons (Fsp3) is 0.231. The molecule has 0 radical (unpaired) electrons. The van der Waals surface area contributed by atoms with Gasteiger partial charge in [0, 0.05) is 4.47 Å². The summed E-state index contributed by atoms with van der Waals surface area (Å²) >= 11 is 3.14. The van der Waals surface area contributed by atoms with Crippen LogP contribution in [-0.2, 0) is 11.3 Å². The Morgan fingerprint density at radius 3 is 2.73 bits per heavy atom. The maximum Gasteiger partial charge on any atom is 0.312 e. The Balaban J connectivity index is 2.16. The third kappa shape index (κ3) is 3.30. The second-order valence-electron chi connectivity index (χ2n) is 4.61. The number of rotatable bonds is 4. The zero-order valence-corrected chi connectivity index (χ0v) is 13.3. The number of carbonyl (C=O) groups is 1. The van der Waals surface area contributed by atoms with Crippen LogP contribution in [0.1, 0.15) is 11.4 Å². The molecular formula is C13H12BrFN4O3. The minimum Gasteiger partial charge on any atom is -0.323 e. The van der Waals surface area contributed by atoms with Crippen LogP contribution >= 0.6 is 15.9 Å². The van der Waals surface area contributed by atoms with Crippen LogP contribution < -0.4 is 5.32 Å². The summed E-state index contributed by atoms with van der Waals surface area (Å²) in [4.78, 5) is 22.4. The molecule has 1 amide bonds. The number of nitrogens with zero attached hydrogens (tertiary/aromatic N) is 3. The number of aryl methyl sites for hydroxylation is 1. The van der Waals surface area contributed by atoms with Crippen LogP contribution in [0.4, 0.5) is 15.8 Å². The van der Waals surface area contributed by atoms with Crippen molar-refractivity contribution in [3.8, 4) is 0 Å². The number of anilines is 1. The molecule has 2 rings (SSSR count). The molecule has 1 heterocycles. The lowest BCUT2D eigenvalue weighted by atomic mass is 10.3. The molecular weight excluding hydrogens is 359 g/mol. The Morgan fingerprint density at radius 1 is 1.50 bits per heavy atom. The minimum absolute atomic E-state index is 0.101. The molecule has 0 aliphatic rings. The molecule has 9 heteroatoms. The highest BCUT2D eigenvalue weighted by atomic mass is 79.9. The molecule has 0 atom stereocenters. The summed E-state index contributed by atoms with van der Waals surface area (Å²) in [5.74, 6) is -0.855. The molecule has 0 spiro atoms. The fourth-order valence-electron chi connectivity index (χ4n) is 2.02. The van der Waals surface area contributed by atoms with Gasteiger partial charge in [0.2, 0.25) is 5.91 Å². The summed E-state index contributed by atoms with van der Waals surface area (Å²) in [6.45, 7) is 2.86. The van der Waals surface area contributed by atoms with Crippen LogP contribution in [0.3, 0.4) is 0 Å². The largest absolute Gasteiger partial charge is 0.323 e. The molecule has 1 aromatic carbocycles. The quantitative estimate of drug-likeness (QED) is 0.661. The van der Waals surface area contributed by atoms with Gasteiger partial charge in [0.25, 0.3) is 0 Å². The molecule has 0 aliphatic heterocycles. The first-order chi connectivity index (χ1) is 10.3. The van der Waals surface area contributed by atoms with Gasteiger partial charge in [-0.05, 0) is 48.0 Å². The van der Waals surface area contributed by atoms with E-state index in [0.29, 0.717) is 15.9 Å². The molecule has 116 valence electrons. The predicted octanol–water partition coefficient (Wildman–Crippen LogP) is 2.95. The van der Waals surface area contributed by atoms with Crippen LogP contribution in [0.2, 0.25) is 0 Å². The SMILES string of the molecule is Cc1nn(CC(=O)Nc2ccc(F)cc2Br)c(C)c1[N+](=O)[O-]. The van der Waals surface area contributed by atoms with E-state index in [2.05, 4.69) is 26.3 Å². The van der Waals surface area contributed by atoms with Crippen molar-refractivity contribution in [1.29, 1.82) is 0 Å². The van der Waals surface area contributed by atoms with Crippen LogP contribution in [0.5, 0.6) is 0 Å². The van der Waals surface area contributed by atoms with Gasteiger partial charge in [0.05, 0.1) is 10.6 Å². The normalized spacial score (nSPS) is 10.5.